The summed E-state index contributed by atoms with van der Waals surface area (Å²) in [4.78, 5) is 9.80. The van der Waals surface area contributed by atoms with Crippen molar-refractivity contribution in [3.63, 3.8) is 0 Å². The maximum absolute atomic E-state index is 14.3. The highest BCUT2D eigenvalue weighted by atomic mass is 32.2. The van der Waals surface area contributed by atoms with Gasteiger partial charge in [-0.1, -0.05) is 0 Å². The molecule has 2 N–H and O–H groups in total. The smallest absolute Gasteiger partial charge is 0.175 e. The molecule has 1 aliphatic heterocycles. The van der Waals surface area contributed by atoms with E-state index >= 15 is 0 Å². The first-order chi connectivity index (χ1) is 15.0. The zero-order chi connectivity index (χ0) is 23.2. The molecule has 32 heavy (non-hydrogen) atoms. The van der Waals surface area contributed by atoms with Crippen molar-refractivity contribution in [1.29, 1.82) is 0 Å². The van der Waals surface area contributed by atoms with Gasteiger partial charge in [0.25, 0.3) is 0 Å². The van der Waals surface area contributed by atoms with Crippen molar-refractivity contribution in [2.45, 2.75) is 16.9 Å². The Morgan fingerprint density at radius 3 is 2.38 bits per heavy atom. The van der Waals surface area contributed by atoms with E-state index in [1.54, 1.807) is 4.90 Å². The van der Waals surface area contributed by atoms with Crippen molar-refractivity contribution in [3.8, 4) is 11.3 Å². The Kier molecular flexibility index (Phi) is 5.63. The molecule has 3 aromatic rings. The van der Waals surface area contributed by atoms with Crippen molar-refractivity contribution in [1.82, 2.24) is 9.97 Å². The van der Waals surface area contributed by atoms with Crippen molar-refractivity contribution in [2.24, 2.45) is 5.73 Å². The van der Waals surface area contributed by atoms with Gasteiger partial charge in [0.2, 0.25) is 0 Å². The van der Waals surface area contributed by atoms with Gasteiger partial charge < -0.3 is 10.6 Å². The summed E-state index contributed by atoms with van der Waals surface area (Å²) in [5.41, 5.74) is 6.63. The number of hydrogen-bond acceptors (Lipinski definition) is 6. The number of benzene rings is 2. The molecule has 1 fully saturated rings. The molecular weight excluding hydrogens is 448 g/mol. The lowest BCUT2D eigenvalue weighted by atomic mass is 9.94. The summed E-state index contributed by atoms with van der Waals surface area (Å²) in [7, 11) is -3.64. The third kappa shape index (κ3) is 4.30. The molecule has 4 rings (SSSR count). The Labute approximate surface area is 181 Å². The fourth-order valence-corrected chi connectivity index (χ4v) is 4.44. The van der Waals surface area contributed by atoms with E-state index in [0.29, 0.717) is 11.9 Å². The molecule has 1 aromatic heterocycles. The van der Waals surface area contributed by atoms with Crippen LogP contribution in [0.3, 0.4) is 0 Å². The van der Waals surface area contributed by atoms with Gasteiger partial charge in [0.05, 0.1) is 10.6 Å². The second-order valence-electron chi connectivity index (χ2n) is 7.67. The number of nitrogens with two attached hydrogens (primary N) is 1. The number of sulfone groups is 1. The molecule has 0 aliphatic carbocycles. The molecule has 0 amide bonds. The lowest BCUT2D eigenvalue weighted by molar-refractivity contribution is 0.482. The van der Waals surface area contributed by atoms with Gasteiger partial charge in [-0.25, -0.2) is 35.9 Å². The maximum Gasteiger partial charge on any atom is 0.175 e. The molecule has 2 unspecified atom stereocenters. The van der Waals surface area contributed by atoms with E-state index in [9.17, 15) is 26.0 Å². The zero-order valence-electron chi connectivity index (χ0n) is 16.8. The van der Waals surface area contributed by atoms with Gasteiger partial charge in [0, 0.05) is 49.0 Å². The zero-order valence-corrected chi connectivity index (χ0v) is 17.6. The molecule has 0 bridgehead atoms. The minimum Gasteiger partial charge on any atom is -0.354 e. The highest BCUT2D eigenvalue weighted by Crippen LogP contribution is 2.33. The Morgan fingerprint density at radius 1 is 0.938 bits per heavy atom. The van der Waals surface area contributed by atoms with E-state index in [4.69, 9.17) is 5.73 Å². The molecule has 11 heteroatoms. The van der Waals surface area contributed by atoms with Crippen LogP contribution in [0.15, 0.2) is 47.6 Å². The maximum atomic E-state index is 14.3. The van der Waals surface area contributed by atoms with Crippen LogP contribution >= 0.6 is 0 Å². The lowest BCUT2D eigenvalue weighted by Gasteiger charge is -2.18. The van der Waals surface area contributed by atoms with E-state index in [1.165, 1.54) is 18.5 Å². The quantitative estimate of drug-likeness (QED) is 0.470. The Morgan fingerprint density at radius 2 is 1.66 bits per heavy atom. The van der Waals surface area contributed by atoms with Gasteiger partial charge in [-0.15, -0.1) is 0 Å². The van der Waals surface area contributed by atoms with Crippen molar-refractivity contribution >= 4 is 15.7 Å². The van der Waals surface area contributed by atoms with Crippen molar-refractivity contribution in [3.05, 3.63) is 71.6 Å². The number of anilines is 1. The largest absolute Gasteiger partial charge is 0.354 e. The van der Waals surface area contributed by atoms with Gasteiger partial charge in [-0.3, -0.25) is 0 Å². The molecule has 2 aromatic carbocycles. The summed E-state index contributed by atoms with van der Waals surface area (Å²) in [5.74, 6) is -4.29. The second kappa shape index (κ2) is 8.14. The van der Waals surface area contributed by atoms with Crippen LogP contribution < -0.4 is 10.6 Å². The highest BCUT2D eigenvalue weighted by Gasteiger charge is 2.34. The molecular formula is C21H18F4N4O2S. The average Bonchev–Trinajstić information content (AvgIpc) is 3.11. The first-order valence-electron chi connectivity index (χ1n) is 9.51. The Hall–Kier alpha value is -3.05. The van der Waals surface area contributed by atoms with Crippen molar-refractivity contribution in [2.75, 3.05) is 24.2 Å². The summed E-state index contributed by atoms with van der Waals surface area (Å²) >= 11 is 0. The van der Waals surface area contributed by atoms with Crippen LogP contribution in [0.2, 0.25) is 0 Å². The standard InChI is InChI=1S/C21H18F4N4O2S/c1-32(30,31)13-3-11(2-12(22)4-13)20-7-21(28-10-27-20)29-8-15(19(26)9-29)14-5-17(24)18(25)6-16(14)23/h2-7,10,15,19H,8-9,26H2,1H3. The number of nitrogens with zero attached hydrogens (tertiary/aromatic N) is 3. The predicted molar refractivity (Wildman–Crippen MR) is 110 cm³/mol. The summed E-state index contributed by atoms with van der Waals surface area (Å²) < 4.78 is 78.8. The van der Waals surface area contributed by atoms with Crippen LogP contribution in [0.1, 0.15) is 11.5 Å². The summed E-state index contributed by atoms with van der Waals surface area (Å²) in [6.45, 7) is 0.425. The molecule has 1 saturated heterocycles. The predicted octanol–water partition coefficient (Wildman–Crippen LogP) is 3.03. The van der Waals surface area contributed by atoms with E-state index in [0.717, 1.165) is 24.5 Å². The third-order valence-corrected chi connectivity index (χ3v) is 6.47. The summed E-state index contributed by atoms with van der Waals surface area (Å²) in [6, 6.07) is 5.61. The number of hydrogen-bond donors (Lipinski definition) is 1. The number of halogens is 4. The van der Waals surface area contributed by atoms with Gasteiger partial charge in [0.1, 0.15) is 23.8 Å². The first-order valence-corrected chi connectivity index (χ1v) is 11.4. The number of aromatic nitrogens is 2. The minimum absolute atomic E-state index is 0.0314. The Bertz CT molecular complexity index is 1300. The molecule has 168 valence electrons. The van der Waals surface area contributed by atoms with Crippen LogP contribution in [0.25, 0.3) is 11.3 Å². The second-order valence-corrected chi connectivity index (χ2v) is 9.69. The van der Waals surface area contributed by atoms with Crippen LogP contribution in [-0.2, 0) is 9.84 Å². The molecule has 1 aliphatic rings. The number of rotatable bonds is 4. The molecule has 2 heterocycles. The normalized spacial score (nSPS) is 18.9. The van der Waals surface area contributed by atoms with E-state index < -0.39 is 45.1 Å². The lowest BCUT2D eigenvalue weighted by Crippen LogP contribution is -2.29. The van der Waals surface area contributed by atoms with Gasteiger partial charge in [-0.05, 0) is 29.8 Å². The highest BCUT2D eigenvalue weighted by molar-refractivity contribution is 7.90. The van der Waals surface area contributed by atoms with E-state index in [2.05, 4.69) is 9.97 Å². The minimum atomic E-state index is -3.64. The molecule has 0 spiro atoms. The van der Waals surface area contributed by atoms with Crippen LogP contribution in [-0.4, -0.2) is 43.8 Å². The van der Waals surface area contributed by atoms with Gasteiger partial charge >= 0.3 is 0 Å². The third-order valence-electron chi connectivity index (χ3n) is 5.38. The van der Waals surface area contributed by atoms with E-state index in [1.807, 2.05) is 0 Å². The average molecular weight is 466 g/mol. The van der Waals surface area contributed by atoms with Crippen molar-refractivity contribution < 1.29 is 26.0 Å². The SMILES string of the molecule is CS(=O)(=O)c1cc(F)cc(-c2cc(N3CC(N)C(c4cc(F)c(F)cc4F)C3)ncn2)c1. The van der Waals surface area contributed by atoms with Crippen LogP contribution in [0, 0.1) is 23.3 Å². The van der Waals surface area contributed by atoms with E-state index in [-0.39, 0.29) is 34.8 Å². The topological polar surface area (TPSA) is 89.2 Å². The van der Waals surface area contributed by atoms with Gasteiger partial charge in [-0.2, -0.15) is 0 Å². The molecule has 2 atom stereocenters. The molecule has 6 nitrogen and oxygen atoms in total. The molecule has 0 saturated carbocycles. The fourth-order valence-electron chi connectivity index (χ4n) is 3.77. The first kappa shape index (κ1) is 22.2. The molecule has 0 radical (unpaired) electrons. The van der Waals surface area contributed by atoms with Crippen LogP contribution in [0.4, 0.5) is 23.4 Å². The summed E-state index contributed by atoms with van der Waals surface area (Å²) in [5, 5.41) is 0. The summed E-state index contributed by atoms with van der Waals surface area (Å²) in [6.07, 6.45) is 2.20. The fraction of sp³-hybridized carbons (Fsp3) is 0.238. The van der Waals surface area contributed by atoms with Crippen LogP contribution in [0.5, 0.6) is 0 Å². The van der Waals surface area contributed by atoms with Gasteiger partial charge in [0.15, 0.2) is 21.5 Å². The monoisotopic (exact) mass is 466 g/mol. The Balaban J connectivity index is 1.65.